The average Bonchev–Trinajstić information content (AvgIpc) is 3.20. The fourth-order valence-electron chi connectivity index (χ4n) is 4.34. The van der Waals surface area contributed by atoms with E-state index in [1.165, 1.54) is 64.2 Å². The number of hydrogen-bond acceptors (Lipinski definition) is 5. The van der Waals surface area contributed by atoms with E-state index in [9.17, 15) is 9.90 Å². The van der Waals surface area contributed by atoms with Gasteiger partial charge in [-0.1, -0.05) is 96.1 Å². The smallest absolute Gasteiger partial charge is 0.408 e. The minimum absolute atomic E-state index is 0.304. The summed E-state index contributed by atoms with van der Waals surface area (Å²) in [6.07, 6.45) is 14.4. The van der Waals surface area contributed by atoms with E-state index >= 15 is 0 Å². The Morgan fingerprint density at radius 3 is 2.09 bits per heavy atom. The van der Waals surface area contributed by atoms with Crippen molar-refractivity contribution in [3.63, 3.8) is 0 Å². The van der Waals surface area contributed by atoms with Crippen LogP contribution in [0.5, 0.6) is 5.75 Å². The molecule has 1 saturated heterocycles. The van der Waals surface area contributed by atoms with Gasteiger partial charge in [0.15, 0.2) is 6.10 Å². The molecule has 2 rings (SSSR count). The van der Waals surface area contributed by atoms with Crippen LogP contribution in [0.1, 0.15) is 96.0 Å². The lowest BCUT2D eigenvalue weighted by molar-refractivity contribution is -0.00616. The van der Waals surface area contributed by atoms with Gasteiger partial charge in [-0.15, -0.1) is 0 Å². The van der Waals surface area contributed by atoms with Crippen LogP contribution in [-0.2, 0) is 16.1 Å². The number of nitrogens with one attached hydrogen (secondary N) is 1. The number of ether oxygens (including phenoxy) is 3. The van der Waals surface area contributed by atoms with Gasteiger partial charge in [0.2, 0.25) is 0 Å². The highest BCUT2D eigenvalue weighted by Crippen LogP contribution is 2.20. The van der Waals surface area contributed by atoms with Gasteiger partial charge in [-0.2, -0.15) is 0 Å². The second-order valence-electron chi connectivity index (χ2n) is 9.23. The summed E-state index contributed by atoms with van der Waals surface area (Å²) in [6, 6.07) is 7.34. The molecule has 1 heterocycles. The van der Waals surface area contributed by atoms with Crippen LogP contribution < -0.4 is 10.1 Å². The number of unbranched alkanes of at least 4 members (excludes halogenated alkanes) is 11. The van der Waals surface area contributed by atoms with Crippen LogP contribution >= 0.6 is 0 Å². The van der Waals surface area contributed by atoms with Gasteiger partial charge in [0.25, 0.3) is 0 Å². The number of aliphatic hydroxyl groups is 1. The Morgan fingerprint density at radius 1 is 0.939 bits per heavy atom. The summed E-state index contributed by atoms with van der Waals surface area (Å²) in [4.78, 5) is 11.7. The number of carbonyl (C=O) groups excluding carboxylic acids is 1. The second-order valence-corrected chi connectivity index (χ2v) is 9.23. The van der Waals surface area contributed by atoms with Crippen molar-refractivity contribution in [1.29, 1.82) is 0 Å². The zero-order chi connectivity index (χ0) is 23.7. The van der Waals surface area contributed by atoms with Crippen molar-refractivity contribution in [3.05, 3.63) is 29.8 Å². The maximum absolute atomic E-state index is 11.7. The lowest BCUT2D eigenvalue weighted by atomic mass is 10.00. The van der Waals surface area contributed by atoms with Crippen LogP contribution in [0.2, 0.25) is 0 Å². The first-order valence-electron chi connectivity index (χ1n) is 13.0. The Morgan fingerprint density at radius 2 is 1.52 bits per heavy atom. The molecule has 1 aromatic carbocycles. The number of benzene rings is 1. The van der Waals surface area contributed by atoms with Gasteiger partial charge >= 0.3 is 6.09 Å². The van der Waals surface area contributed by atoms with E-state index in [1.54, 1.807) is 7.11 Å². The van der Waals surface area contributed by atoms with Crippen molar-refractivity contribution in [2.24, 2.45) is 0 Å². The molecule has 0 radical (unpaired) electrons. The van der Waals surface area contributed by atoms with E-state index in [0.29, 0.717) is 19.6 Å². The topological polar surface area (TPSA) is 77.0 Å². The summed E-state index contributed by atoms with van der Waals surface area (Å²) in [7, 11) is 1.64. The highest BCUT2D eigenvalue weighted by atomic mass is 16.6. The van der Waals surface area contributed by atoms with Crippen molar-refractivity contribution < 1.29 is 24.1 Å². The van der Waals surface area contributed by atoms with Gasteiger partial charge in [-0.25, -0.2) is 4.79 Å². The molecule has 1 fully saturated rings. The molecule has 188 valence electrons. The largest absolute Gasteiger partial charge is 0.497 e. The maximum atomic E-state index is 11.7. The van der Waals surface area contributed by atoms with E-state index < -0.39 is 18.3 Å². The van der Waals surface area contributed by atoms with E-state index in [0.717, 1.165) is 24.2 Å². The van der Waals surface area contributed by atoms with E-state index in [2.05, 4.69) is 12.2 Å². The maximum Gasteiger partial charge on any atom is 0.408 e. The fourth-order valence-corrected chi connectivity index (χ4v) is 4.34. The van der Waals surface area contributed by atoms with E-state index in [4.69, 9.17) is 14.2 Å². The molecule has 3 atom stereocenters. The Kier molecular flexibility index (Phi) is 13.9. The lowest BCUT2D eigenvalue weighted by Gasteiger charge is -2.22. The predicted octanol–water partition coefficient (Wildman–Crippen LogP) is 6.14. The quantitative estimate of drug-likeness (QED) is 0.241. The standard InChI is InChI=1S/C27H45NO5/c1-3-4-5-6-7-8-9-10-11-12-13-14-15-25(29)26-24(28-27(30)33-26)21-32-20-22-16-18-23(31-2)19-17-22/h16-19,24-26,29H,3-15,20-21H2,1-2H3,(H,28,30). The third kappa shape index (κ3) is 11.3. The van der Waals surface area contributed by atoms with Crippen LogP contribution in [0.25, 0.3) is 0 Å². The van der Waals surface area contributed by atoms with Crippen LogP contribution in [-0.4, -0.2) is 43.2 Å². The number of alkyl carbamates (subject to hydrolysis) is 1. The minimum Gasteiger partial charge on any atom is -0.497 e. The third-order valence-electron chi connectivity index (χ3n) is 6.40. The molecule has 33 heavy (non-hydrogen) atoms. The average molecular weight is 464 g/mol. The summed E-state index contributed by atoms with van der Waals surface area (Å²) in [5, 5.41) is 13.4. The molecule has 1 aromatic rings. The van der Waals surface area contributed by atoms with Crippen molar-refractivity contribution in [2.75, 3.05) is 13.7 Å². The van der Waals surface area contributed by atoms with Crippen molar-refractivity contribution in [1.82, 2.24) is 5.32 Å². The summed E-state index contributed by atoms with van der Waals surface area (Å²) in [5.74, 6) is 0.802. The van der Waals surface area contributed by atoms with Gasteiger partial charge in [-0.05, 0) is 24.1 Å². The summed E-state index contributed by atoms with van der Waals surface area (Å²) in [5.41, 5.74) is 1.02. The first-order chi connectivity index (χ1) is 16.1. The number of amides is 1. The third-order valence-corrected chi connectivity index (χ3v) is 6.40. The molecule has 2 N–H and O–H groups in total. The van der Waals surface area contributed by atoms with E-state index in [1.807, 2.05) is 24.3 Å². The molecule has 0 aliphatic carbocycles. The molecule has 0 spiro atoms. The van der Waals surface area contributed by atoms with Crippen LogP contribution in [0.3, 0.4) is 0 Å². The van der Waals surface area contributed by atoms with Gasteiger partial charge in [0, 0.05) is 0 Å². The zero-order valence-corrected chi connectivity index (χ0v) is 20.7. The Labute approximate surface area is 200 Å². The summed E-state index contributed by atoms with van der Waals surface area (Å²) >= 11 is 0. The summed E-state index contributed by atoms with van der Waals surface area (Å²) < 4.78 is 16.3. The SMILES string of the molecule is CCCCCCCCCCCCCCC(O)C1OC(=O)NC1COCc1ccc(OC)cc1. The normalized spacial score (nSPS) is 18.7. The van der Waals surface area contributed by atoms with E-state index in [-0.39, 0.29) is 6.04 Å². The number of aliphatic hydroxyl groups excluding tert-OH is 1. The molecule has 1 aliphatic rings. The van der Waals surface area contributed by atoms with Crippen LogP contribution in [0, 0.1) is 0 Å². The van der Waals surface area contributed by atoms with Crippen molar-refractivity contribution >= 4 is 6.09 Å². The second kappa shape index (κ2) is 16.8. The molecule has 0 aromatic heterocycles. The van der Waals surface area contributed by atoms with Crippen molar-refractivity contribution in [3.8, 4) is 5.75 Å². The molecule has 6 nitrogen and oxygen atoms in total. The van der Waals surface area contributed by atoms with Gasteiger partial charge < -0.3 is 24.6 Å². The first-order valence-corrected chi connectivity index (χ1v) is 13.0. The molecule has 1 amide bonds. The Bertz CT molecular complexity index is 636. The molecule has 6 heteroatoms. The highest BCUT2D eigenvalue weighted by molar-refractivity contribution is 5.70. The number of carbonyl (C=O) groups is 1. The molecule has 3 unspecified atom stereocenters. The molecular formula is C27H45NO5. The molecule has 1 aliphatic heterocycles. The first kappa shape index (κ1) is 27.5. The van der Waals surface area contributed by atoms with Crippen LogP contribution in [0.15, 0.2) is 24.3 Å². The molecule has 0 saturated carbocycles. The number of hydrogen-bond donors (Lipinski definition) is 2. The van der Waals surface area contributed by atoms with Crippen molar-refractivity contribution in [2.45, 2.75) is 115 Å². The molecule has 0 bridgehead atoms. The van der Waals surface area contributed by atoms with Gasteiger partial charge in [-0.3, -0.25) is 0 Å². The number of cyclic esters (lactones) is 1. The monoisotopic (exact) mass is 463 g/mol. The van der Waals surface area contributed by atoms with Gasteiger partial charge in [0.05, 0.1) is 32.5 Å². The fraction of sp³-hybridized carbons (Fsp3) is 0.741. The lowest BCUT2D eigenvalue weighted by Crippen LogP contribution is -2.42. The summed E-state index contributed by atoms with van der Waals surface area (Å²) in [6.45, 7) is 2.99. The molecular weight excluding hydrogens is 418 g/mol. The predicted molar refractivity (Wildman–Crippen MR) is 132 cm³/mol. The Hall–Kier alpha value is -1.79. The minimum atomic E-state index is -0.665. The highest BCUT2D eigenvalue weighted by Gasteiger charge is 2.38. The zero-order valence-electron chi connectivity index (χ0n) is 20.7. The Balaban J connectivity index is 1.54. The van der Waals surface area contributed by atoms with Crippen LogP contribution in [0.4, 0.5) is 4.79 Å². The number of rotatable bonds is 19. The number of methoxy groups -OCH3 is 1. The van der Waals surface area contributed by atoms with Gasteiger partial charge in [0.1, 0.15) is 5.75 Å².